The molecule has 0 saturated carbocycles. The molecule has 0 bridgehead atoms. The Balaban J connectivity index is 2.63. The fourth-order valence-corrected chi connectivity index (χ4v) is 3.26. The molecule has 0 aromatic heterocycles. The molecule has 1 fully saturated rings. The van der Waals surface area contributed by atoms with Gasteiger partial charge < -0.3 is 4.90 Å². The number of amides is 1. The standard InChI is InChI=1S/C11H20BrNO3S/c1-9(17(2,15)16)11(14)13-7-3-4-10(8-13)5-6-12/h9-10H,3-8H2,1-2H3. The zero-order valence-electron chi connectivity index (χ0n) is 10.4. The molecule has 0 aromatic rings. The molecule has 1 heterocycles. The van der Waals surface area contributed by atoms with E-state index in [-0.39, 0.29) is 5.91 Å². The summed E-state index contributed by atoms with van der Waals surface area (Å²) < 4.78 is 22.7. The number of halogens is 1. The third-order valence-corrected chi connectivity index (χ3v) is 5.28. The maximum Gasteiger partial charge on any atom is 0.240 e. The first kappa shape index (κ1) is 15.0. The Kier molecular flexibility index (Phi) is 5.44. The van der Waals surface area contributed by atoms with Crippen LogP contribution in [0.2, 0.25) is 0 Å². The topological polar surface area (TPSA) is 54.5 Å². The van der Waals surface area contributed by atoms with Crippen molar-refractivity contribution >= 4 is 31.7 Å². The van der Waals surface area contributed by atoms with Gasteiger partial charge in [0, 0.05) is 24.7 Å². The third kappa shape index (κ3) is 4.25. The Hall–Kier alpha value is -0.100. The molecule has 1 aliphatic heterocycles. The van der Waals surface area contributed by atoms with Crippen LogP contribution in [0.25, 0.3) is 0 Å². The first-order chi connectivity index (χ1) is 7.86. The van der Waals surface area contributed by atoms with E-state index in [1.807, 2.05) is 0 Å². The van der Waals surface area contributed by atoms with Gasteiger partial charge in [0.15, 0.2) is 9.84 Å². The third-order valence-electron chi connectivity index (χ3n) is 3.34. The summed E-state index contributed by atoms with van der Waals surface area (Å²) in [7, 11) is -3.28. The van der Waals surface area contributed by atoms with E-state index >= 15 is 0 Å². The van der Waals surface area contributed by atoms with Crippen molar-refractivity contribution in [2.45, 2.75) is 31.4 Å². The van der Waals surface area contributed by atoms with E-state index in [9.17, 15) is 13.2 Å². The molecular weight excluding hydrogens is 306 g/mol. The fraction of sp³-hybridized carbons (Fsp3) is 0.909. The highest BCUT2D eigenvalue weighted by atomic mass is 79.9. The number of hydrogen-bond acceptors (Lipinski definition) is 3. The van der Waals surface area contributed by atoms with Crippen LogP contribution in [-0.4, -0.2) is 49.2 Å². The lowest BCUT2D eigenvalue weighted by Gasteiger charge is -2.33. The average molecular weight is 326 g/mol. The zero-order chi connectivity index (χ0) is 13.1. The Bertz CT molecular complexity index is 367. The van der Waals surface area contributed by atoms with Gasteiger partial charge >= 0.3 is 0 Å². The monoisotopic (exact) mass is 325 g/mol. The van der Waals surface area contributed by atoms with Gasteiger partial charge in [0.25, 0.3) is 0 Å². The smallest absolute Gasteiger partial charge is 0.240 e. The van der Waals surface area contributed by atoms with Crippen molar-refractivity contribution in [2.24, 2.45) is 5.92 Å². The molecule has 0 aliphatic carbocycles. The predicted molar refractivity (Wildman–Crippen MR) is 72.0 cm³/mol. The minimum absolute atomic E-state index is 0.244. The van der Waals surface area contributed by atoms with Crippen molar-refractivity contribution < 1.29 is 13.2 Å². The lowest BCUT2D eigenvalue weighted by Crippen LogP contribution is -2.46. The number of sulfone groups is 1. The number of carbonyl (C=O) groups is 1. The largest absolute Gasteiger partial charge is 0.341 e. The lowest BCUT2D eigenvalue weighted by molar-refractivity contribution is -0.132. The van der Waals surface area contributed by atoms with Crippen molar-refractivity contribution in [2.75, 3.05) is 24.7 Å². The summed E-state index contributed by atoms with van der Waals surface area (Å²) in [6, 6.07) is 0. The molecule has 1 aliphatic rings. The van der Waals surface area contributed by atoms with Gasteiger partial charge in [0.1, 0.15) is 5.25 Å². The van der Waals surface area contributed by atoms with E-state index in [2.05, 4.69) is 15.9 Å². The molecular formula is C11H20BrNO3S. The van der Waals surface area contributed by atoms with Crippen LogP contribution >= 0.6 is 15.9 Å². The molecule has 2 atom stereocenters. The molecule has 0 aromatic carbocycles. The minimum Gasteiger partial charge on any atom is -0.341 e. The maximum atomic E-state index is 12.0. The van der Waals surface area contributed by atoms with Crippen LogP contribution in [0.1, 0.15) is 26.2 Å². The average Bonchev–Trinajstić information content (AvgIpc) is 2.27. The van der Waals surface area contributed by atoms with Gasteiger partial charge in [0.05, 0.1) is 0 Å². The molecule has 0 spiro atoms. The van der Waals surface area contributed by atoms with Crippen LogP contribution in [0.3, 0.4) is 0 Å². The van der Waals surface area contributed by atoms with Crippen molar-refractivity contribution in [3.63, 3.8) is 0 Å². The summed E-state index contributed by atoms with van der Waals surface area (Å²) >= 11 is 3.40. The van der Waals surface area contributed by atoms with Crippen LogP contribution < -0.4 is 0 Å². The van der Waals surface area contributed by atoms with Crippen LogP contribution in [-0.2, 0) is 14.6 Å². The number of likely N-dealkylation sites (tertiary alicyclic amines) is 1. The summed E-state index contributed by atoms with van der Waals surface area (Å²) in [6.07, 6.45) is 4.26. The van der Waals surface area contributed by atoms with Crippen molar-refractivity contribution in [3.05, 3.63) is 0 Å². The second-order valence-electron chi connectivity index (χ2n) is 4.74. The summed E-state index contributed by atoms with van der Waals surface area (Å²) in [5.74, 6) is 0.255. The van der Waals surface area contributed by atoms with Gasteiger partial charge in [-0.3, -0.25) is 4.79 Å². The Morgan fingerprint density at radius 2 is 2.18 bits per heavy atom. The second kappa shape index (κ2) is 6.18. The van der Waals surface area contributed by atoms with Crippen molar-refractivity contribution in [3.8, 4) is 0 Å². The summed E-state index contributed by atoms with van der Waals surface area (Å²) in [5, 5.41) is 0.0200. The molecule has 100 valence electrons. The normalized spacial score (nSPS) is 23.5. The van der Waals surface area contributed by atoms with E-state index in [1.165, 1.54) is 6.92 Å². The van der Waals surface area contributed by atoms with Gasteiger partial charge in [0.2, 0.25) is 5.91 Å². The quantitative estimate of drug-likeness (QED) is 0.735. The molecule has 1 rings (SSSR count). The number of alkyl halides is 1. The predicted octanol–water partition coefficient (Wildman–Crippen LogP) is 1.44. The summed E-state index contributed by atoms with van der Waals surface area (Å²) in [6.45, 7) is 2.87. The van der Waals surface area contributed by atoms with Crippen LogP contribution in [0.5, 0.6) is 0 Å². The number of hydrogen-bond donors (Lipinski definition) is 0. The first-order valence-electron chi connectivity index (χ1n) is 5.90. The fourth-order valence-electron chi connectivity index (χ4n) is 2.10. The van der Waals surface area contributed by atoms with Gasteiger partial charge in [-0.15, -0.1) is 0 Å². The molecule has 0 radical (unpaired) electrons. The first-order valence-corrected chi connectivity index (χ1v) is 8.97. The van der Waals surface area contributed by atoms with E-state index in [1.54, 1.807) is 4.90 Å². The molecule has 2 unspecified atom stereocenters. The zero-order valence-corrected chi connectivity index (χ0v) is 12.8. The van der Waals surface area contributed by atoms with E-state index in [0.29, 0.717) is 19.0 Å². The van der Waals surface area contributed by atoms with E-state index in [4.69, 9.17) is 0 Å². The number of rotatable bonds is 4. The number of nitrogens with zero attached hydrogens (tertiary/aromatic N) is 1. The van der Waals surface area contributed by atoms with Crippen molar-refractivity contribution in [1.82, 2.24) is 4.90 Å². The molecule has 6 heteroatoms. The highest BCUT2D eigenvalue weighted by molar-refractivity contribution is 9.09. The van der Waals surface area contributed by atoms with Gasteiger partial charge in [-0.25, -0.2) is 8.42 Å². The van der Waals surface area contributed by atoms with Crippen LogP contribution in [0, 0.1) is 5.92 Å². The SMILES string of the molecule is CC(C(=O)N1CCCC(CCBr)C1)S(C)(=O)=O. The molecule has 0 N–H and O–H groups in total. The highest BCUT2D eigenvalue weighted by Crippen LogP contribution is 2.21. The lowest BCUT2D eigenvalue weighted by atomic mass is 9.95. The van der Waals surface area contributed by atoms with Gasteiger partial charge in [-0.05, 0) is 32.1 Å². The van der Waals surface area contributed by atoms with E-state index < -0.39 is 15.1 Å². The molecule has 1 amide bonds. The van der Waals surface area contributed by atoms with Gasteiger partial charge in [-0.2, -0.15) is 0 Å². The Morgan fingerprint density at radius 1 is 1.53 bits per heavy atom. The Morgan fingerprint density at radius 3 is 2.71 bits per heavy atom. The molecule has 4 nitrogen and oxygen atoms in total. The molecule has 17 heavy (non-hydrogen) atoms. The maximum absolute atomic E-state index is 12.0. The van der Waals surface area contributed by atoms with Gasteiger partial charge in [-0.1, -0.05) is 15.9 Å². The summed E-state index contributed by atoms with van der Waals surface area (Å²) in [4.78, 5) is 13.7. The summed E-state index contributed by atoms with van der Waals surface area (Å²) in [5.41, 5.74) is 0. The molecule has 1 saturated heterocycles. The highest BCUT2D eigenvalue weighted by Gasteiger charge is 2.31. The minimum atomic E-state index is -3.28. The van der Waals surface area contributed by atoms with Crippen LogP contribution in [0.4, 0.5) is 0 Å². The van der Waals surface area contributed by atoms with Crippen LogP contribution in [0.15, 0.2) is 0 Å². The number of carbonyl (C=O) groups excluding carboxylic acids is 1. The second-order valence-corrected chi connectivity index (χ2v) is 7.90. The number of piperidine rings is 1. The Labute approximate surface area is 112 Å². The van der Waals surface area contributed by atoms with Crippen molar-refractivity contribution in [1.29, 1.82) is 0 Å². The van der Waals surface area contributed by atoms with E-state index in [0.717, 1.165) is 30.8 Å².